The molecular formula is C20H25NO. The minimum atomic E-state index is 0.170. The average Bonchev–Trinajstić information content (AvgIpc) is 2.54. The van der Waals surface area contributed by atoms with Crippen LogP contribution in [0.25, 0.3) is 0 Å². The SMILES string of the molecule is C/C=C/C(=O)c1cccc2c1C[C@H]1NCC[C@@]23CCCC[C@@H]13. The summed E-state index contributed by atoms with van der Waals surface area (Å²) in [5, 5.41) is 3.75. The van der Waals surface area contributed by atoms with Crippen LogP contribution in [0.3, 0.4) is 0 Å². The van der Waals surface area contributed by atoms with Crippen LogP contribution >= 0.6 is 0 Å². The van der Waals surface area contributed by atoms with Gasteiger partial charge < -0.3 is 5.32 Å². The summed E-state index contributed by atoms with van der Waals surface area (Å²) >= 11 is 0. The molecule has 1 aromatic carbocycles. The molecular weight excluding hydrogens is 270 g/mol. The van der Waals surface area contributed by atoms with Crippen molar-refractivity contribution in [1.82, 2.24) is 5.32 Å². The Morgan fingerprint density at radius 2 is 2.23 bits per heavy atom. The molecule has 3 atom stereocenters. The van der Waals surface area contributed by atoms with Gasteiger partial charge in [-0.15, -0.1) is 0 Å². The molecule has 4 rings (SSSR count). The number of piperidine rings is 1. The van der Waals surface area contributed by atoms with E-state index in [0.29, 0.717) is 11.5 Å². The quantitative estimate of drug-likeness (QED) is 0.664. The van der Waals surface area contributed by atoms with E-state index in [1.165, 1.54) is 43.2 Å². The van der Waals surface area contributed by atoms with Crippen molar-refractivity contribution in [3.05, 3.63) is 47.0 Å². The van der Waals surface area contributed by atoms with Crippen molar-refractivity contribution in [3.8, 4) is 0 Å². The van der Waals surface area contributed by atoms with Gasteiger partial charge in [0.05, 0.1) is 0 Å². The van der Waals surface area contributed by atoms with E-state index in [0.717, 1.165) is 24.4 Å². The number of carbonyl (C=O) groups is 1. The number of fused-ring (bicyclic) bond motifs is 1. The van der Waals surface area contributed by atoms with Crippen molar-refractivity contribution in [2.24, 2.45) is 5.92 Å². The Balaban J connectivity index is 1.88. The molecule has 2 bridgehead atoms. The molecule has 1 aliphatic heterocycles. The summed E-state index contributed by atoms with van der Waals surface area (Å²) in [4.78, 5) is 12.5. The number of hydrogen-bond acceptors (Lipinski definition) is 2. The second-order valence-electron chi connectivity index (χ2n) is 7.22. The van der Waals surface area contributed by atoms with Gasteiger partial charge in [0.1, 0.15) is 0 Å². The molecule has 2 nitrogen and oxygen atoms in total. The number of allylic oxidation sites excluding steroid dienone is 2. The first kappa shape index (κ1) is 14.2. The summed E-state index contributed by atoms with van der Waals surface area (Å²) in [6.07, 6.45) is 11.2. The Labute approximate surface area is 133 Å². The molecule has 22 heavy (non-hydrogen) atoms. The van der Waals surface area contributed by atoms with Crippen LogP contribution < -0.4 is 5.32 Å². The minimum Gasteiger partial charge on any atom is -0.313 e. The first-order valence-corrected chi connectivity index (χ1v) is 8.79. The summed E-state index contributed by atoms with van der Waals surface area (Å²) in [5.74, 6) is 0.942. The summed E-state index contributed by atoms with van der Waals surface area (Å²) < 4.78 is 0. The van der Waals surface area contributed by atoms with Gasteiger partial charge in [-0.2, -0.15) is 0 Å². The number of hydrogen-bond donors (Lipinski definition) is 1. The first-order chi connectivity index (χ1) is 10.8. The van der Waals surface area contributed by atoms with Crippen molar-refractivity contribution in [2.45, 2.75) is 56.9 Å². The van der Waals surface area contributed by atoms with Crippen molar-refractivity contribution in [2.75, 3.05) is 6.54 Å². The molecule has 0 spiro atoms. The number of nitrogens with one attached hydrogen (secondary N) is 1. The molecule has 2 fully saturated rings. The van der Waals surface area contributed by atoms with Gasteiger partial charge in [0, 0.05) is 17.0 Å². The van der Waals surface area contributed by atoms with E-state index >= 15 is 0 Å². The smallest absolute Gasteiger partial charge is 0.185 e. The molecule has 1 N–H and O–H groups in total. The third-order valence-electron chi connectivity index (χ3n) is 6.28. The Bertz CT molecular complexity index is 629. The van der Waals surface area contributed by atoms with Crippen LogP contribution in [0.15, 0.2) is 30.4 Å². The predicted octanol–water partition coefficient (Wildman–Crippen LogP) is 3.79. The van der Waals surface area contributed by atoms with Crippen LogP contribution in [-0.4, -0.2) is 18.4 Å². The predicted molar refractivity (Wildman–Crippen MR) is 89.3 cm³/mol. The first-order valence-electron chi connectivity index (χ1n) is 8.79. The maximum Gasteiger partial charge on any atom is 0.185 e. The zero-order valence-electron chi connectivity index (χ0n) is 13.4. The Kier molecular flexibility index (Phi) is 3.45. The van der Waals surface area contributed by atoms with E-state index in [-0.39, 0.29) is 5.78 Å². The molecule has 3 aliphatic rings. The monoisotopic (exact) mass is 295 g/mol. The van der Waals surface area contributed by atoms with Gasteiger partial charge in [0.2, 0.25) is 0 Å². The summed E-state index contributed by atoms with van der Waals surface area (Å²) in [7, 11) is 0. The lowest BCUT2D eigenvalue weighted by molar-refractivity contribution is 0.0791. The zero-order valence-corrected chi connectivity index (χ0v) is 13.4. The van der Waals surface area contributed by atoms with Crippen LogP contribution in [0.4, 0.5) is 0 Å². The molecule has 1 saturated carbocycles. The van der Waals surface area contributed by atoms with Gasteiger partial charge in [0.25, 0.3) is 0 Å². The molecule has 1 saturated heterocycles. The van der Waals surface area contributed by atoms with E-state index in [9.17, 15) is 4.79 Å². The summed E-state index contributed by atoms with van der Waals surface area (Å²) in [6, 6.07) is 7.03. The zero-order chi connectivity index (χ0) is 15.2. The molecule has 1 aromatic rings. The fourth-order valence-corrected chi connectivity index (χ4v) is 5.43. The van der Waals surface area contributed by atoms with Crippen molar-refractivity contribution >= 4 is 5.78 Å². The lowest BCUT2D eigenvalue weighted by atomic mass is 9.52. The highest BCUT2D eigenvalue weighted by atomic mass is 16.1. The fourth-order valence-electron chi connectivity index (χ4n) is 5.43. The number of carbonyl (C=O) groups excluding carboxylic acids is 1. The van der Waals surface area contributed by atoms with E-state index in [1.807, 2.05) is 19.1 Å². The standard InChI is InChI=1S/C20H25NO/c1-2-6-19(22)14-7-5-9-16-15(14)13-18-17-8-3-4-10-20(16,17)11-12-21-18/h2,5-7,9,17-18,21H,3-4,8,10-13H2,1H3/b6-2+/t17-,18+,20-/m0/s1. The van der Waals surface area contributed by atoms with Crippen LogP contribution in [0, 0.1) is 5.92 Å². The number of ketones is 1. The Morgan fingerprint density at radius 3 is 3.09 bits per heavy atom. The van der Waals surface area contributed by atoms with Gasteiger partial charge in [-0.1, -0.05) is 37.1 Å². The van der Waals surface area contributed by atoms with Crippen LogP contribution in [0.2, 0.25) is 0 Å². The fraction of sp³-hybridized carbons (Fsp3) is 0.550. The topological polar surface area (TPSA) is 29.1 Å². The Morgan fingerprint density at radius 1 is 1.32 bits per heavy atom. The van der Waals surface area contributed by atoms with Gasteiger partial charge in [-0.25, -0.2) is 0 Å². The highest BCUT2D eigenvalue weighted by Crippen LogP contribution is 2.54. The van der Waals surface area contributed by atoms with E-state index in [1.54, 1.807) is 6.08 Å². The highest BCUT2D eigenvalue weighted by molar-refractivity contribution is 6.05. The van der Waals surface area contributed by atoms with Crippen molar-refractivity contribution < 1.29 is 4.79 Å². The lowest BCUT2D eigenvalue weighted by Gasteiger charge is -2.56. The normalized spacial score (nSPS) is 33.3. The second-order valence-corrected chi connectivity index (χ2v) is 7.22. The molecule has 0 amide bonds. The third-order valence-corrected chi connectivity index (χ3v) is 6.28. The van der Waals surface area contributed by atoms with E-state index in [2.05, 4.69) is 17.4 Å². The minimum absolute atomic E-state index is 0.170. The van der Waals surface area contributed by atoms with Crippen LogP contribution in [0.1, 0.15) is 60.5 Å². The molecule has 0 aromatic heterocycles. The molecule has 2 aliphatic carbocycles. The van der Waals surface area contributed by atoms with Crippen LogP contribution in [-0.2, 0) is 11.8 Å². The summed E-state index contributed by atoms with van der Waals surface area (Å²) in [5.41, 5.74) is 4.12. The van der Waals surface area contributed by atoms with E-state index in [4.69, 9.17) is 0 Å². The third kappa shape index (κ3) is 1.93. The maximum atomic E-state index is 12.5. The second kappa shape index (κ2) is 5.34. The molecule has 116 valence electrons. The molecule has 0 radical (unpaired) electrons. The Hall–Kier alpha value is -1.41. The average molecular weight is 295 g/mol. The summed E-state index contributed by atoms with van der Waals surface area (Å²) in [6.45, 7) is 3.05. The lowest BCUT2D eigenvalue weighted by Crippen LogP contribution is -2.59. The van der Waals surface area contributed by atoms with E-state index < -0.39 is 0 Å². The number of benzene rings is 1. The maximum absolute atomic E-state index is 12.5. The largest absolute Gasteiger partial charge is 0.313 e. The highest BCUT2D eigenvalue weighted by Gasteiger charge is 2.51. The molecule has 2 heteroatoms. The van der Waals surface area contributed by atoms with Crippen molar-refractivity contribution in [3.63, 3.8) is 0 Å². The molecule has 0 unspecified atom stereocenters. The van der Waals surface area contributed by atoms with Gasteiger partial charge in [-0.3, -0.25) is 4.79 Å². The molecule has 1 heterocycles. The van der Waals surface area contributed by atoms with Gasteiger partial charge >= 0.3 is 0 Å². The van der Waals surface area contributed by atoms with Gasteiger partial charge in [0.15, 0.2) is 5.78 Å². The van der Waals surface area contributed by atoms with Crippen molar-refractivity contribution in [1.29, 1.82) is 0 Å². The van der Waals surface area contributed by atoms with Crippen LogP contribution in [0.5, 0.6) is 0 Å². The number of rotatable bonds is 2. The van der Waals surface area contributed by atoms with Gasteiger partial charge in [-0.05, 0) is 62.3 Å².